The van der Waals surface area contributed by atoms with Crippen molar-refractivity contribution in [2.24, 2.45) is 0 Å². The molecular formula is C30H31NO8. The molecule has 1 aliphatic heterocycles. The van der Waals surface area contributed by atoms with E-state index in [0.717, 1.165) is 5.39 Å². The number of aryl methyl sites for hydroxylation is 1. The lowest BCUT2D eigenvalue weighted by Crippen LogP contribution is -2.32. The summed E-state index contributed by atoms with van der Waals surface area (Å²) in [6.45, 7) is 9.03. The molecule has 9 nitrogen and oxygen atoms in total. The van der Waals surface area contributed by atoms with E-state index >= 15 is 0 Å². The summed E-state index contributed by atoms with van der Waals surface area (Å²) in [4.78, 5) is 39.2. The Morgan fingerprint density at radius 2 is 1.46 bits per heavy atom. The quantitative estimate of drug-likeness (QED) is 0.303. The average molecular weight is 534 g/mol. The summed E-state index contributed by atoms with van der Waals surface area (Å²) in [6, 6.07) is 12.2. The van der Waals surface area contributed by atoms with Crippen molar-refractivity contribution in [3.63, 3.8) is 0 Å². The number of rotatable bonds is 8. The number of methoxy groups -OCH3 is 1. The molecule has 0 amide bonds. The molecule has 0 fully saturated rings. The molecular weight excluding hydrogens is 502 g/mol. The second-order valence-electron chi connectivity index (χ2n) is 8.93. The Bertz CT molecular complexity index is 1470. The Labute approximate surface area is 226 Å². The minimum Gasteiger partial charge on any atom is -0.493 e. The third-order valence-electron chi connectivity index (χ3n) is 6.50. The number of ether oxygens (including phenoxy) is 4. The van der Waals surface area contributed by atoms with Crippen LogP contribution in [0.4, 0.5) is 0 Å². The topological polar surface area (TPSA) is 113 Å². The minimum absolute atomic E-state index is 0.0898. The fourth-order valence-corrected chi connectivity index (χ4v) is 4.75. The van der Waals surface area contributed by atoms with Gasteiger partial charge in [-0.2, -0.15) is 0 Å². The number of fused-ring (bicyclic) bond motifs is 1. The zero-order valence-corrected chi connectivity index (χ0v) is 22.8. The number of hydrogen-bond donors (Lipinski definition) is 1. The summed E-state index contributed by atoms with van der Waals surface area (Å²) in [6.07, 6.45) is 0. The van der Waals surface area contributed by atoms with Gasteiger partial charge in [-0.15, -0.1) is 0 Å². The Morgan fingerprint density at radius 3 is 2.03 bits per heavy atom. The van der Waals surface area contributed by atoms with Crippen molar-refractivity contribution in [1.29, 1.82) is 0 Å². The molecule has 0 atom stereocenters. The first-order valence-electron chi connectivity index (χ1n) is 12.6. The highest BCUT2D eigenvalue weighted by molar-refractivity contribution is 6.00. The van der Waals surface area contributed by atoms with Crippen molar-refractivity contribution in [1.82, 2.24) is 5.32 Å². The highest BCUT2D eigenvalue weighted by atomic mass is 16.6. The van der Waals surface area contributed by atoms with Crippen molar-refractivity contribution in [2.45, 2.75) is 40.5 Å². The summed E-state index contributed by atoms with van der Waals surface area (Å²) >= 11 is 0. The molecule has 39 heavy (non-hydrogen) atoms. The van der Waals surface area contributed by atoms with Gasteiger partial charge in [-0.3, -0.25) is 0 Å². The molecule has 2 heterocycles. The van der Waals surface area contributed by atoms with Crippen LogP contribution < -0.4 is 14.8 Å². The summed E-state index contributed by atoms with van der Waals surface area (Å²) in [5.41, 5.74) is 3.46. The van der Waals surface area contributed by atoms with E-state index in [0.29, 0.717) is 28.1 Å². The van der Waals surface area contributed by atoms with Crippen LogP contribution in [0.5, 0.6) is 11.5 Å². The van der Waals surface area contributed by atoms with Crippen molar-refractivity contribution in [3.05, 3.63) is 81.9 Å². The molecule has 4 rings (SSSR count). The molecule has 1 aromatic heterocycles. The fourth-order valence-electron chi connectivity index (χ4n) is 4.75. The molecule has 0 spiro atoms. The highest BCUT2D eigenvalue weighted by Gasteiger charge is 2.38. The van der Waals surface area contributed by atoms with Crippen LogP contribution in [0.1, 0.15) is 55.3 Å². The lowest BCUT2D eigenvalue weighted by Gasteiger charge is -2.30. The summed E-state index contributed by atoms with van der Waals surface area (Å²) in [5, 5.41) is 3.92. The molecule has 0 unspecified atom stereocenters. The van der Waals surface area contributed by atoms with Gasteiger partial charge in [-0.1, -0.05) is 24.3 Å². The molecule has 0 radical (unpaired) electrons. The van der Waals surface area contributed by atoms with E-state index in [1.807, 2.05) is 18.2 Å². The van der Waals surface area contributed by atoms with Gasteiger partial charge in [0.2, 0.25) is 5.76 Å². The predicted octanol–water partition coefficient (Wildman–Crippen LogP) is 5.33. The van der Waals surface area contributed by atoms with Gasteiger partial charge in [0.15, 0.2) is 11.5 Å². The van der Waals surface area contributed by atoms with Crippen molar-refractivity contribution >= 4 is 28.9 Å². The first-order chi connectivity index (χ1) is 18.7. The Kier molecular flexibility index (Phi) is 8.09. The molecule has 0 saturated carbocycles. The summed E-state index contributed by atoms with van der Waals surface area (Å²) in [5.74, 6) is -2.13. The van der Waals surface area contributed by atoms with Gasteiger partial charge in [-0.25, -0.2) is 14.4 Å². The van der Waals surface area contributed by atoms with Gasteiger partial charge >= 0.3 is 17.9 Å². The zero-order valence-electron chi connectivity index (χ0n) is 22.8. The van der Waals surface area contributed by atoms with Crippen LogP contribution in [0.15, 0.2) is 69.4 Å². The number of nitrogens with one attached hydrogen (secondary N) is 1. The van der Waals surface area contributed by atoms with Crippen LogP contribution in [-0.4, -0.2) is 38.2 Å². The number of esters is 3. The van der Waals surface area contributed by atoms with Gasteiger partial charge < -0.3 is 28.7 Å². The second-order valence-corrected chi connectivity index (χ2v) is 8.93. The van der Waals surface area contributed by atoms with Gasteiger partial charge in [0.25, 0.3) is 0 Å². The van der Waals surface area contributed by atoms with Crippen LogP contribution >= 0.6 is 0 Å². The number of allylic oxidation sites excluding steroid dienone is 2. The number of para-hydroxylation sites is 1. The van der Waals surface area contributed by atoms with E-state index in [9.17, 15) is 14.4 Å². The van der Waals surface area contributed by atoms with Crippen molar-refractivity contribution in [3.8, 4) is 11.5 Å². The highest BCUT2D eigenvalue weighted by Crippen LogP contribution is 2.42. The van der Waals surface area contributed by atoms with Crippen LogP contribution in [0, 0.1) is 6.92 Å². The minimum atomic E-state index is -0.805. The Hall–Kier alpha value is -4.53. The average Bonchev–Trinajstić information content (AvgIpc) is 3.25. The maximum Gasteiger partial charge on any atom is 0.380 e. The van der Waals surface area contributed by atoms with E-state index in [4.69, 9.17) is 23.4 Å². The van der Waals surface area contributed by atoms with Gasteiger partial charge in [-0.05, 0) is 58.4 Å². The van der Waals surface area contributed by atoms with Crippen molar-refractivity contribution < 1.29 is 37.7 Å². The molecule has 1 N–H and O–H groups in total. The number of furan rings is 1. The number of benzene rings is 2. The number of dihydropyridines is 1. The van der Waals surface area contributed by atoms with E-state index in [-0.39, 0.29) is 41.6 Å². The van der Waals surface area contributed by atoms with Crippen LogP contribution in [0.2, 0.25) is 0 Å². The largest absolute Gasteiger partial charge is 0.493 e. The van der Waals surface area contributed by atoms with Crippen molar-refractivity contribution in [2.75, 3.05) is 20.3 Å². The smallest absolute Gasteiger partial charge is 0.380 e. The van der Waals surface area contributed by atoms with Crippen LogP contribution in [0.3, 0.4) is 0 Å². The van der Waals surface area contributed by atoms with E-state index < -0.39 is 23.8 Å². The third-order valence-corrected chi connectivity index (χ3v) is 6.50. The summed E-state index contributed by atoms with van der Waals surface area (Å²) < 4.78 is 27.6. The Morgan fingerprint density at radius 1 is 0.846 bits per heavy atom. The van der Waals surface area contributed by atoms with Crippen LogP contribution in [-0.2, 0) is 19.1 Å². The third kappa shape index (κ3) is 5.25. The SMILES string of the molecule is CCOC(=O)C1=C(C)NC(C)=C(C(=O)OCC)C1c1ccc(OC(=O)c2oc3ccccc3c2C)c(OC)c1. The summed E-state index contributed by atoms with van der Waals surface area (Å²) in [7, 11) is 1.44. The molecule has 3 aromatic rings. The molecule has 0 bridgehead atoms. The fraction of sp³-hybridized carbons (Fsp3) is 0.300. The van der Waals surface area contributed by atoms with Gasteiger partial charge in [0.05, 0.1) is 37.4 Å². The monoisotopic (exact) mass is 533 g/mol. The maximum absolute atomic E-state index is 13.1. The molecule has 1 aliphatic rings. The lowest BCUT2D eigenvalue weighted by atomic mass is 9.80. The molecule has 204 valence electrons. The van der Waals surface area contributed by atoms with E-state index in [1.165, 1.54) is 7.11 Å². The number of carbonyl (C=O) groups is 3. The first kappa shape index (κ1) is 27.5. The van der Waals surface area contributed by atoms with E-state index in [1.54, 1.807) is 58.9 Å². The standard InChI is InChI=1S/C30H31NO8/c1-7-36-28(32)24-17(4)31-18(5)25(29(33)37-8-2)26(24)19-13-14-22(23(15-19)35-6)39-30(34)27-16(3)20-11-9-10-12-21(20)38-27/h9-15,26,31H,7-8H2,1-6H3. The lowest BCUT2D eigenvalue weighted by molar-refractivity contribution is -0.139. The number of hydrogen-bond acceptors (Lipinski definition) is 9. The molecule has 0 saturated heterocycles. The predicted molar refractivity (Wildman–Crippen MR) is 143 cm³/mol. The molecule has 2 aromatic carbocycles. The van der Waals surface area contributed by atoms with Gasteiger partial charge in [0, 0.05) is 22.3 Å². The van der Waals surface area contributed by atoms with E-state index in [2.05, 4.69) is 5.32 Å². The second kappa shape index (κ2) is 11.5. The van der Waals surface area contributed by atoms with Crippen LogP contribution in [0.25, 0.3) is 11.0 Å². The molecule has 9 heteroatoms. The number of carbonyl (C=O) groups excluding carboxylic acids is 3. The first-order valence-corrected chi connectivity index (χ1v) is 12.6. The normalized spacial score (nSPS) is 13.8. The van der Waals surface area contributed by atoms with Gasteiger partial charge in [0.1, 0.15) is 5.58 Å². The molecule has 0 aliphatic carbocycles. The zero-order chi connectivity index (χ0) is 28.3. The maximum atomic E-state index is 13.1. The Balaban J connectivity index is 1.75.